The van der Waals surface area contributed by atoms with Gasteiger partial charge in [-0.05, 0) is 55.8 Å². The molecule has 0 saturated carbocycles. The fourth-order valence-electron chi connectivity index (χ4n) is 4.15. The number of hydrogen-bond acceptors (Lipinski definition) is 5. The van der Waals surface area contributed by atoms with E-state index in [1.165, 1.54) is 17.0 Å². The molecule has 0 aliphatic carbocycles. The number of amides is 2. The quantitative estimate of drug-likeness (QED) is 0.393. The van der Waals surface area contributed by atoms with Gasteiger partial charge in [-0.25, -0.2) is 9.18 Å². The van der Waals surface area contributed by atoms with Crippen LogP contribution < -0.4 is 15.0 Å². The molecule has 0 bridgehead atoms. The third-order valence-corrected chi connectivity index (χ3v) is 5.96. The Morgan fingerprint density at radius 2 is 1.77 bits per heavy atom. The minimum atomic E-state index is -0.681. The van der Waals surface area contributed by atoms with Gasteiger partial charge in [0.05, 0.1) is 24.4 Å². The Morgan fingerprint density at radius 1 is 1.03 bits per heavy atom. The first kappa shape index (κ1) is 22.3. The fourth-order valence-corrected chi connectivity index (χ4v) is 4.15. The van der Waals surface area contributed by atoms with Gasteiger partial charge in [-0.15, -0.1) is 0 Å². The van der Waals surface area contributed by atoms with E-state index in [2.05, 4.69) is 15.5 Å². The molecule has 2 heterocycles. The second-order valence-corrected chi connectivity index (χ2v) is 8.26. The summed E-state index contributed by atoms with van der Waals surface area (Å²) in [5, 5.41) is 7.14. The molecule has 4 aromatic rings. The van der Waals surface area contributed by atoms with Crippen LogP contribution in [-0.2, 0) is 0 Å². The topological polar surface area (TPSA) is 80.5 Å². The molecule has 35 heavy (non-hydrogen) atoms. The summed E-state index contributed by atoms with van der Waals surface area (Å²) in [5.74, 6) is 0.930. The molecule has 1 atom stereocenters. The van der Waals surface area contributed by atoms with Crippen LogP contribution in [0.25, 0.3) is 17.0 Å². The summed E-state index contributed by atoms with van der Waals surface area (Å²) < 4.78 is 25.0. The van der Waals surface area contributed by atoms with Crippen LogP contribution in [0.15, 0.2) is 83.0 Å². The molecule has 8 heteroatoms. The van der Waals surface area contributed by atoms with Gasteiger partial charge >= 0.3 is 6.03 Å². The summed E-state index contributed by atoms with van der Waals surface area (Å²) in [7, 11) is 1.58. The first-order chi connectivity index (χ1) is 16.9. The maximum absolute atomic E-state index is 14.1. The van der Waals surface area contributed by atoms with E-state index in [4.69, 9.17) is 9.26 Å². The molecule has 0 saturated heterocycles. The van der Waals surface area contributed by atoms with Crippen molar-refractivity contribution in [2.24, 2.45) is 0 Å². The maximum atomic E-state index is 14.1. The first-order valence-corrected chi connectivity index (χ1v) is 11.1. The van der Waals surface area contributed by atoms with Crippen molar-refractivity contribution in [1.29, 1.82) is 0 Å². The lowest BCUT2D eigenvalue weighted by atomic mass is 9.94. The van der Waals surface area contributed by atoms with Gasteiger partial charge in [0.2, 0.25) is 5.82 Å². The van der Waals surface area contributed by atoms with E-state index in [0.29, 0.717) is 34.1 Å². The Hall–Kier alpha value is -4.46. The average molecular weight is 471 g/mol. The van der Waals surface area contributed by atoms with E-state index in [0.717, 1.165) is 11.1 Å². The number of carbonyl (C=O) groups is 1. The van der Waals surface area contributed by atoms with Gasteiger partial charge in [0.15, 0.2) is 0 Å². The van der Waals surface area contributed by atoms with E-state index < -0.39 is 11.9 Å². The van der Waals surface area contributed by atoms with E-state index in [1.54, 1.807) is 50.4 Å². The molecular formula is C27H23FN4O3. The third kappa shape index (κ3) is 4.26. The van der Waals surface area contributed by atoms with Crippen LogP contribution in [0.5, 0.6) is 5.75 Å². The number of aryl methyl sites for hydroxylation is 1. The number of methoxy groups -OCH3 is 1. The van der Waals surface area contributed by atoms with Crippen LogP contribution in [0.1, 0.15) is 30.0 Å². The number of nitrogens with zero attached hydrogens (tertiary/aromatic N) is 3. The molecule has 0 spiro atoms. The lowest BCUT2D eigenvalue weighted by molar-refractivity contribution is 0.244. The van der Waals surface area contributed by atoms with Crippen LogP contribution in [0.4, 0.5) is 14.9 Å². The maximum Gasteiger partial charge on any atom is 0.326 e. The predicted molar refractivity (Wildman–Crippen MR) is 130 cm³/mol. The van der Waals surface area contributed by atoms with Crippen molar-refractivity contribution in [2.75, 3.05) is 12.0 Å². The van der Waals surface area contributed by atoms with E-state index in [1.807, 2.05) is 31.2 Å². The molecule has 176 valence electrons. The molecule has 0 fully saturated rings. The zero-order chi connectivity index (χ0) is 24.5. The van der Waals surface area contributed by atoms with Gasteiger partial charge in [-0.2, -0.15) is 4.98 Å². The number of benzene rings is 3. The summed E-state index contributed by atoms with van der Waals surface area (Å²) in [6.45, 7) is 3.81. The number of carbonyl (C=O) groups excluding carboxylic acids is 1. The van der Waals surface area contributed by atoms with E-state index >= 15 is 0 Å². The number of hydrogen-bond donors (Lipinski definition) is 1. The Labute approximate surface area is 201 Å². The number of nitrogens with one attached hydrogen (secondary N) is 1. The van der Waals surface area contributed by atoms with Gasteiger partial charge in [0.25, 0.3) is 5.89 Å². The standard InChI is InChI=1S/C27H23FN4O3/c1-16-7-9-18(10-8-16)25-30-26(35-31-25)23-17(2)32(21-11-13-22(34-3)14-12-21)27(33)29-24(23)19-5-4-6-20(28)15-19/h4-15,24H,1-3H3,(H,29,33). The molecular weight excluding hydrogens is 447 g/mol. The number of aromatic nitrogens is 2. The third-order valence-electron chi connectivity index (χ3n) is 5.96. The van der Waals surface area contributed by atoms with Crippen molar-refractivity contribution in [3.8, 4) is 17.1 Å². The lowest BCUT2D eigenvalue weighted by Gasteiger charge is -2.35. The largest absolute Gasteiger partial charge is 0.497 e. The molecule has 1 unspecified atom stereocenters. The molecule has 1 N–H and O–H groups in total. The van der Waals surface area contributed by atoms with Gasteiger partial charge in [-0.1, -0.05) is 47.1 Å². The summed E-state index contributed by atoms with van der Waals surface area (Å²) >= 11 is 0. The zero-order valence-corrected chi connectivity index (χ0v) is 19.4. The zero-order valence-electron chi connectivity index (χ0n) is 19.4. The van der Waals surface area contributed by atoms with Gasteiger partial charge in [-0.3, -0.25) is 4.90 Å². The minimum absolute atomic E-state index is 0.242. The monoisotopic (exact) mass is 470 g/mol. The second kappa shape index (κ2) is 9.06. The number of urea groups is 1. The van der Waals surface area contributed by atoms with Crippen LogP contribution in [0.2, 0.25) is 0 Å². The summed E-state index contributed by atoms with van der Waals surface area (Å²) in [6.07, 6.45) is 0. The molecule has 5 rings (SSSR count). The molecule has 7 nitrogen and oxygen atoms in total. The summed E-state index contributed by atoms with van der Waals surface area (Å²) in [6, 6.07) is 20.0. The molecule has 1 aromatic heterocycles. The van der Waals surface area contributed by atoms with Crippen molar-refractivity contribution in [2.45, 2.75) is 19.9 Å². The van der Waals surface area contributed by atoms with Crippen molar-refractivity contribution in [3.63, 3.8) is 0 Å². The Kier molecular flexibility index (Phi) is 5.78. The van der Waals surface area contributed by atoms with Crippen molar-refractivity contribution >= 4 is 17.3 Å². The molecule has 0 radical (unpaired) electrons. The van der Waals surface area contributed by atoms with E-state index in [-0.39, 0.29) is 11.9 Å². The van der Waals surface area contributed by atoms with Gasteiger partial charge in [0, 0.05) is 11.3 Å². The number of halogens is 1. The van der Waals surface area contributed by atoms with Crippen LogP contribution >= 0.6 is 0 Å². The number of anilines is 1. The fraction of sp³-hybridized carbons (Fsp3) is 0.148. The lowest BCUT2D eigenvalue weighted by Crippen LogP contribution is -2.46. The highest BCUT2D eigenvalue weighted by Crippen LogP contribution is 2.39. The van der Waals surface area contributed by atoms with Crippen LogP contribution in [-0.4, -0.2) is 23.3 Å². The Bertz CT molecular complexity index is 1410. The van der Waals surface area contributed by atoms with Crippen molar-refractivity contribution in [1.82, 2.24) is 15.5 Å². The molecule has 3 aromatic carbocycles. The number of rotatable bonds is 5. The highest BCUT2D eigenvalue weighted by Gasteiger charge is 2.36. The average Bonchev–Trinajstić information content (AvgIpc) is 3.34. The predicted octanol–water partition coefficient (Wildman–Crippen LogP) is 5.89. The van der Waals surface area contributed by atoms with Crippen molar-refractivity contribution < 1.29 is 18.4 Å². The van der Waals surface area contributed by atoms with Gasteiger partial charge < -0.3 is 14.6 Å². The molecule has 1 aliphatic rings. The molecule has 2 amide bonds. The SMILES string of the molecule is COc1ccc(N2C(=O)NC(c3cccc(F)c3)C(c3nc(-c4ccc(C)cc4)no3)=C2C)cc1. The van der Waals surface area contributed by atoms with E-state index in [9.17, 15) is 9.18 Å². The smallest absolute Gasteiger partial charge is 0.326 e. The number of allylic oxidation sites excluding steroid dienone is 1. The highest BCUT2D eigenvalue weighted by atomic mass is 19.1. The Balaban J connectivity index is 1.64. The normalized spacial score (nSPS) is 15.8. The van der Waals surface area contributed by atoms with Gasteiger partial charge in [0.1, 0.15) is 11.6 Å². The summed E-state index contributed by atoms with van der Waals surface area (Å²) in [5.41, 5.74) is 4.29. The second-order valence-electron chi connectivity index (χ2n) is 8.26. The highest BCUT2D eigenvalue weighted by molar-refractivity contribution is 6.01. The minimum Gasteiger partial charge on any atom is -0.497 e. The van der Waals surface area contributed by atoms with Crippen LogP contribution in [0.3, 0.4) is 0 Å². The summed E-state index contributed by atoms with van der Waals surface area (Å²) in [4.78, 5) is 19.4. The van der Waals surface area contributed by atoms with Crippen LogP contribution in [0, 0.1) is 12.7 Å². The molecule has 1 aliphatic heterocycles. The van der Waals surface area contributed by atoms with Crippen molar-refractivity contribution in [3.05, 3.63) is 101 Å². The number of ether oxygens (including phenoxy) is 1. The Morgan fingerprint density at radius 3 is 2.46 bits per heavy atom. The first-order valence-electron chi connectivity index (χ1n) is 11.1.